The number of benzene rings is 2. The highest BCUT2D eigenvalue weighted by Gasteiger charge is 2.04. The maximum atomic E-state index is 5.49. The summed E-state index contributed by atoms with van der Waals surface area (Å²) in [5, 5.41) is 0. The van der Waals surface area contributed by atoms with Crippen molar-refractivity contribution in [2.45, 2.75) is 6.42 Å². The Morgan fingerprint density at radius 1 is 0.760 bits per heavy atom. The molecule has 0 aliphatic heterocycles. The van der Waals surface area contributed by atoms with Gasteiger partial charge in [-0.2, -0.15) is 0 Å². The van der Waals surface area contributed by atoms with Gasteiger partial charge in [0.1, 0.15) is 12.4 Å². The predicted molar refractivity (Wildman–Crippen MR) is 102 cm³/mol. The Hall–Kier alpha value is -3.20. The molecule has 2 aromatic carbocycles. The molecule has 0 saturated heterocycles. The summed E-state index contributed by atoms with van der Waals surface area (Å²) in [7, 11) is 0. The van der Waals surface area contributed by atoms with Crippen molar-refractivity contribution in [2.24, 2.45) is 0 Å². The zero-order valence-corrected chi connectivity index (χ0v) is 14.1. The molecule has 3 aromatic rings. The Labute approximate surface area is 148 Å². The molecular formula is C22H20N2O. The first-order chi connectivity index (χ1) is 12.3. The lowest BCUT2D eigenvalue weighted by atomic mass is 10.1. The lowest BCUT2D eigenvalue weighted by molar-refractivity contribution is 0.363. The molecule has 0 aliphatic carbocycles. The number of aromatic nitrogens is 2. The molecule has 3 heteroatoms. The highest BCUT2D eigenvalue weighted by molar-refractivity contribution is 5.64. The number of ether oxygens (including phenoxy) is 1. The predicted octanol–water partition coefficient (Wildman–Crippen LogP) is 5.10. The van der Waals surface area contributed by atoms with E-state index in [-0.39, 0.29) is 0 Å². The maximum Gasteiger partial charge on any atom is 0.159 e. The Morgan fingerprint density at radius 3 is 2.00 bits per heavy atom. The molecule has 0 spiro atoms. The number of nitrogens with zero attached hydrogens (tertiary/aromatic N) is 2. The van der Waals surface area contributed by atoms with E-state index in [1.165, 1.54) is 5.56 Å². The molecular weight excluding hydrogens is 308 g/mol. The molecule has 0 atom stereocenters. The van der Waals surface area contributed by atoms with Gasteiger partial charge < -0.3 is 4.74 Å². The zero-order chi connectivity index (χ0) is 17.5. The van der Waals surface area contributed by atoms with Crippen LogP contribution in [0.4, 0.5) is 0 Å². The van der Waals surface area contributed by atoms with Crippen LogP contribution in [-0.2, 0) is 6.42 Å². The van der Waals surface area contributed by atoms with E-state index in [1.54, 1.807) is 6.08 Å². The SMILES string of the molecule is C=CCOc1ccc(-c2cnc(-c3ccc(CC=C)cc3)nc2)cc1. The van der Waals surface area contributed by atoms with Crippen LogP contribution in [0.5, 0.6) is 5.75 Å². The van der Waals surface area contributed by atoms with Crippen molar-refractivity contribution in [2.75, 3.05) is 6.61 Å². The number of hydrogen-bond acceptors (Lipinski definition) is 3. The summed E-state index contributed by atoms with van der Waals surface area (Å²) in [5.74, 6) is 1.54. The van der Waals surface area contributed by atoms with E-state index in [1.807, 2.05) is 54.9 Å². The van der Waals surface area contributed by atoms with Crippen molar-refractivity contribution in [1.29, 1.82) is 0 Å². The van der Waals surface area contributed by atoms with Crippen molar-refractivity contribution in [3.05, 3.63) is 91.8 Å². The van der Waals surface area contributed by atoms with Crippen LogP contribution in [0, 0.1) is 0 Å². The standard InChI is InChI=1S/C22H20N2O/c1-3-5-17-6-8-19(9-7-17)22-23-15-20(16-24-22)18-10-12-21(13-11-18)25-14-4-2/h3-4,6-13,15-16H,1-2,5,14H2. The zero-order valence-electron chi connectivity index (χ0n) is 14.1. The number of allylic oxidation sites excluding steroid dienone is 1. The summed E-state index contributed by atoms with van der Waals surface area (Å²) in [4.78, 5) is 8.99. The van der Waals surface area contributed by atoms with Crippen LogP contribution in [0.2, 0.25) is 0 Å². The van der Waals surface area contributed by atoms with E-state index < -0.39 is 0 Å². The molecule has 0 N–H and O–H groups in total. The first-order valence-corrected chi connectivity index (χ1v) is 8.16. The molecule has 0 aliphatic rings. The van der Waals surface area contributed by atoms with Gasteiger partial charge in [0.2, 0.25) is 0 Å². The summed E-state index contributed by atoms with van der Waals surface area (Å²) in [6.07, 6.45) is 8.18. The Balaban J connectivity index is 1.75. The minimum absolute atomic E-state index is 0.503. The molecule has 0 radical (unpaired) electrons. The van der Waals surface area contributed by atoms with Crippen molar-refractivity contribution < 1.29 is 4.74 Å². The van der Waals surface area contributed by atoms with Gasteiger partial charge in [-0.05, 0) is 29.7 Å². The number of hydrogen-bond donors (Lipinski definition) is 0. The van der Waals surface area contributed by atoms with Crippen LogP contribution in [0.1, 0.15) is 5.56 Å². The molecule has 0 fully saturated rings. The summed E-state index contributed by atoms with van der Waals surface area (Å²) in [6, 6.07) is 16.1. The monoisotopic (exact) mass is 328 g/mol. The third-order valence-corrected chi connectivity index (χ3v) is 3.80. The first kappa shape index (κ1) is 16.7. The quantitative estimate of drug-likeness (QED) is 0.566. The minimum Gasteiger partial charge on any atom is -0.490 e. The average molecular weight is 328 g/mol. The lowest BCUT2D eigenvalue weighted by Crippen LogP contribution is -1.93. The summed E-state index contributed by atoms with van der Waals surface area (Å²) in [6.45, 7) is 7.90. The minimum atomic E-state index is 0.503. The van der Waals surface area contributed by atoms with Crippen LogP contribution >= 0.6 is 0 Å². The van der Waals surface area contributed by atoms with Crippen LogP contribution < -0.4 is 4.74 Å². The van der Waals surface area contributed by atoms with Gasteiger partial charge in [0.25, 0.3) is 0 Å². The van der Waals surface area contributed by atoms with E-state index in [4.69, 9.17) is 4.74 Å². The first-order valence-electron chi connectivity index (χ1n) is 8.16. The lowest BCUT2D eigenvalue weighted by Gasteiger charge is -2.06. The van der Waals surface area contributed by atoms with Crippen LogP contribution in [0.25, 0.3) is 22.5 Å². The number of rotatable bonds is 7. The Bertz CT molecular complexity index is 835. The molecule has 0 amide bonds. The molecule has 1 aromatic heterocycles. The van der Waals surface area contributed by atoms with E-state index in [9.17, 15) is 0 Å². The van der Waals surface area contributed by atoms with E-state index in [2.05, 4.69) is 35.3 Å². The second-order valence-electron chi connectivity index (χ2n) is 5.61. The van der Waals surface area contributed by atoms with E-state index >= 15 is 0 Å². The second kappa shape index (κ2) is 8.06. The van der Waals surface area contributed by atoms with Crippen molar-refractivity contribution in [3.63, 3.8) is 0 Å². The third kappa shape index (κ3) is 4.21. The molecule has 3 nitrogen and oxygen atoms in total. The fraction of sp³-hybridized carbons (Fsp3) is 0.0909. The van der Waals surface area contributed by atoms with Crippen LogP contribution in [0.3, 0.4) is 0 Å². The highest BCUT2D eigenvalue weighted by atomic mass is 16.5. The van der Waals surface area contributed by atoms with Gasteiger partial charge in [-0.25, -0.2) is 9.97 Å². The second-order valence-corrected chi connectivity index (χ2v) is 5.61. The van der Waals surface area contributed by atoms with E-state index in [0.29, 0.717) is 6.61 Å². The Morgan fingerprint density at radius 2 is 1.40 bits per heavy atom. The topological polar surface area (TPSA) is 35.0 Å². The van der Waals surface area contributed by atoms with Crippen LogP contribution in [-0.4, -0.2) is 16.6 Å². The molecule has 0 saturated carbocycles. The average Bonchev–Trinajstić information content (AvgIpc) is 2.68. The van der Waals surface area contributed by atoms with Gasteiger partial charge >= 0.3 is 0 Å². The molecule has 1 heterocycles. The smallest absolute Gasteiger partial charge is 0.159 e. The van der Waals surface area contributed by atoms with Gasteiger partial charge in [-0.1, -0.05) is 55.1 Å². The van der Waals surface area contributed by atoms with Crippen LogP contribution in [0.15, 0.2) is 86.2 Å². The third-order valence-electron chi connectivity index (χ3n) is 3.80. The largest absolute Gasteiger partial charge is 0.490 e. The molecule has 124 valence electrons. The summed E-state index contributed by atoms with van der Waals surface area (Å²) < 4.78 is 5.49. The fourth-order valence-electron chi connectivity index (χ4n) is 2.48. The molecule has 0 bridgehead atoms. The Kier molecular flexibility index (Phi) is 5.37. The van der Waals surface area contributed by atoms with Gasteiger partial charge in [-0.3, -0.25) is 0 Å². The van der Waals surface area contributed by atoms with E-state index in [0.717, 1.165) is 34.7 Å². The van der Waals surface area contributed by atoms with Crippen molar-refractivity contribution in [1.82, 2.24) is 9.97 Å². The summed E-state index contributed by atoms with van der Waals surface area (Å²) >= 11 is 0. The highest BCUT2D eigenvalue weighted by Crippen LogP contribution is 2.23. The van der Waals surface area contributed by atoms with Gasteiger partial charge in [0, 0.05) is 23.5 Å². The van der Waals surface area contributed by atoms with Crippen molar-refractivity contribution in [3.8, 4) is 28.3 Å². The van der Waals surface area contributed by atoms with Gasteiger partial charge in [-0.15, -0.1) is 6.58 Å². The fourth-order valence-corrected chi connectivity index (χ4v) is 2.48. The maximum absolute atomic E-state index is 5.49. The summed E-state index contributed by atoms with van der Waals surface area (Å²) in [5.41, 5.74) is 4.27. The molecule has 3 rings (SSSR count). The molecule has 25 heavy (non-hydrogen) atoms. The van der Waals surface area contributed by atoms with Gasteiger partial charge in [0.15, 0.2) is 5.82 Å². The molecule has 0 unspecified atom stereocenters. The van der Waals surface area contributed by atoms with Gasteiger partial charge in [0.05, 0.1) is 0 Å². The normalized spacial score (nSPS) is 10.2. The van der Waals surface area contributed by atoms with Crippen molar-refractivity contribution >= 4 is 0 Å².